The maximum atomic E-state index is 7.03. The zero-order valence-electron chi connectivity index (χ0n) is 50.2. The molecule has 0 aliphatic carbocycles. The molecule has 87 heavy (non-hydrogen) atoms. The summed E-state index contributed by atoms with van der Waals surface area (Å²) in [5.41, 5.74) is 18.9. The molecule has 15 rings (SSSR count). The number of hydrogen-bond acceptors (Lipinski definition) is 4. The maximum Gasteiger partial charge on any atom is 0.268 e. The quantitative estimate of drug-likeness (QED) is 0.0864. The molecule has 3 aromatic heterocycles. The van der Waals surface area contributed by atoms with Crippen molar-refractivity contribution in [2.75, 3.05) is 0 Å². The van der Waals surface area contributed by atoms with Crippen molar-refractivity contribution in [2.24, 2.45) is 0 Å². The monoisotopic (exact) mass is 1310 g/mol. The summed E-state index contributed by atoms with van der Waals surface area (Å²) in [5, 5.41) is 2.06. The van der Waals surface area contributed by atoms with E-state index in [4.69, 9.17) is 19.2 Å². The van der Waals surface area contributed by atoms with Gasteiger partial charge in [-0.2, -0.15) is 18.2 Å². The molecule has 0 fully saturated rings. The van der Waals surface area contributed by atoms with Crippen LogP contribution in [0.5, 0.6) is 34.5 Å². The summed E-state index contributed by atoms with van der Waals surface area (Å²) >= 11 is 0. The van der Waals surface area contributed by atoms with Crippen LogP contribution < -0.4 is 35.2 Å². The Kier molecular flexibility index (Phi) is 13.4. The molecule has 0 saturated carbocycles. The smallest absolute Gasteiger partial charge is 0.268 e. The molecule has 7 nitrogen and oxygen atoms in total. The van der Waals surface area contributed by atoms with Crippen LogP contribution in [0.25, 0.3) is 83.4 Å². The van der Waals surface area contributed by atoms with Crippen molar-refractivity contribution < 1.29 is 39.8 Å². The number of fused-ring (bicyclic) bond motifs is 8. The van der Waals surface area contributed by atoms with Gasteiger partial charge in [-0.1, -0.05) is 207 Å². The Morgan fingerprint density at radius 1 is 0.471 bits per heavy atom. The molecule has 9 heteroatoms. The third-order valence-electron chi connectivity index (χ3n) is 17.2. The predicted molar refractivity (Wildman–Crippen MR) is 350 cm³/mol. The van der Waals surface area contributed by atoms with E-state index in [0.29, 0.717) is 11.5 Å². The molecule has 2 aliphatic rings. The van der Waals surface area contributed by atoms with E-state index in [1.807, 2.05) is 24.4 Å². The Bertz CT molecular complexity index is 4720. The fourth-order valence-corrected chi connectivity index (χ4v) is 12.6. The van der Waals surface area contributed by atoms with E-state index in [9.17, 15) is 0 Å². The molecular formula is C78H63BN4O3Pt-2. The van der Waals surface area contributed by atoms with E-state index in [0.717, 1.165) is 123 Å². The second-order valence-electron chi connectivity index (χ2n) is 26.0. The Balaban J connectivity index is 0.00000667. The second-order valence-corrected chi connectivity index (χ2v) is 26.0. The first-order valence-electron chi connectivity index (χ1n) is 29.7. The maximum absolute atomic E-state index is 7.03. The number of hydrogen-bond donors (Lipinski definition) is 0. The Hall–Kier alpha value is -9.23. The van der Waals surface area contributed by atoms with Crippen LogP contribution in [-0.4, -0.2) is 20.8 Å². The van der Waals surface area contributed by atoms with E-state index in [1.54, 1.807) is 0 Å². The van der Waals surface area contributed by atoms with Crippen LogP contribution >= 0.6 is 0 Å². The molecule has 0 spiro atoms. The average Bonchev–Trinajstić information content (AvgIpc) is 1.53. The number of nitrogens with zero attached hydrogens (tertiary/aromatic N) is 4. The Morgan fingerprint density at radius 2 is 1.06 bits per heavy atom. The zero-order valence-corrected chi connectivity index (χ0v) is 52.5. The molecule has 0 unspecified atom stereocenters. The number of imidazole rings is 1. The van der Waals surface area contributed by atoms with Crippen LogP contribution in [0.4, 0.5) is 0 Å². The van der Waals surface area contributed by atoms with Crippen molar-refractivity contribution in [1.82, 2.24) is 14.1 Å². The zero-order chi connectivity index (χ0) is 58.8. The van der Waals surface area contributed by atoms with Crippen LogP contribution in [0.3, 0.4) is 0 Å². The second kappa shape index (κ2) is 21.0. The summed E-state index contributed by atoms with van der Waals surface area (Å²) in [7, 11) is 0. The van der Waals surface area contributed by atoms with Crippen LogP contribution in [0.1, 0.15) is 79.0 Å². The van der Waals surface area contributed by atoms with Gasteiger partial charge in [-0.15, -0.1) is 29.7 Å². The minimum atomic E-state index is -0.112. The number of ether oxygens (including phenoxy) is 3. The third-order valence-corrected chi connectivity index (χ3v) is 17.2. The minimum Gasteiger partial charge on any atom is -0.510 e. The van der Waals surface area contributed by atoms with Crippen molar-refractivity contribution in [2.45, 2.75) is 78.6 Å². The predicted octanol–water partition coefficient (Wildman–Crippen LogP) is 17.2. The molecule has 0 N–H and O–H groups in total. The minimum absolute atomic E-state index is 0. The molecule has 5 heterocycles. The first kappa shape index (κ1) is 55.6. The van der Waals surface area contributed by atoms with Gasteiger partial charge < -0.3 is 23.3 Å². The van der Waals surface area contributed by atoms with Crippen LogP contribution in [0, 0.1) is 18.5 Å². The normalized spacial score (nSPS) is 12.7. The van der Waals surface area contributed by atoms with Crippen molar-refractivity contribution in [3.63, 3.8) is 0 Å². The van der Waals surface area contributed by atoms with Gasteiger partial charge in [-0.3, -0.25) is 4.57 Å². The molecule has 0 bridgehead atoms. The van der Waals surface area contributed by atoms with Crippen molar-refractivity contribution in [3.05, 3.63) is 254 Å². The molecule has 0 atom stereocenters. The molecule has 2 aliphatic heterocycles. The first-order valence-corrected chi connectivity index (χ1v) is 29.7. The molecule has 0 amide bonds. The summed E-state index contributed by atoms with van der Waals surface area (Å²) in [5.74, 6) is 5.27. The largest absolute Gasteiger partial charge is 0.510 e. The van der Waals surface area contributed by atoms with Gasteiger partial charge in [-0.05, 0) is 131 Å². The SMILES string of the molecule is CC(C)(C)c1ccnc(-n2c3[c-]c(Oc4[c-]c(-n5[c-][n+](-c6c(-c7ccccc7)cccc6-c6ccccc6)c6ccccc65)ccc4)ccc3c3cc(-c4cc5c6c(c4)Oc4cc(C(C)(C)C)ccc4B6c4ccc(C(C)(C)C)cc4O5)ccc32)c1.[Pt]. The standard InChI is InChI=1S/C78H63BN4O3.Pt/c1-76(2,3)53-31-35-63-69(43-53)85-71-41-52(42-72-74(71)79(63)64-36-32-54(77(4,5)6)44-70(64)86-72)51-30-37-65-62(40-51)61-34-33-58(47-68(61)83(65)73-45-55(38-39-80-73)78(7,8)9)84-57-25-18-24-56(46-57)81-48-82(67-29-17-16-28-66(67)81)75-59(49-20-12-10-13-21-49)26-19-27-60(75)50-22-14-11-15-23-50;/h10-45H,1-9H3;/q-2;. The Labute approximate surface area is 523 Å². The van der Waals surface area contributed by atoms with Gasteiger partial charge in [0.2, 0.25) is 0 Å². The molecule has 13 aromatic rings. The van der Waals surface area contributed by atoms with Crippen molar-refractivity contribution >= 4 is 55.9 Å². The molecule has 428 valence electrons. The molecule has 0 radical (unpaired) electrons. The van der Waals surface area contributed by atoms with Gasteiger partial charge in [0.15, 0.2) is 0 Å². The van der Waals surface area contributed by atoms with Gasteiger partial charge in [0.1, 0.15) is 28.8 Å². The first-order chi connectivity index (χ1) is 41.5. The average molecular weight is 1310 g/mol. The topological polar surface area (TPSA) is 54.3 Å². The number of pyridine rings is 1. The Morgan fingerprint density at radius 3 is 1.69 bits per heavy atom. The summed E-state index contributed by atoms with van der Waals surface area (Å²) in [4.78, 5) is 5.05. The third kappa shape index (κ3) is 9.75. The van der Waals surface area contributed by atoms with Gasteiger partial charge >= 0.3 is 0 Å². The summed E-state index contributed by atoms with van der Waals surface area (Å²) < 4.78 is 27.4. The van der Waals surface area contributed by atoms with Gasteiger partial charge in [0.05, 0.1) is 16.7 Å². The van der Waals surface area contributed by atoms with E-state index in [-0.39, 0.29) is 44.0 Å². The number of aromatic nitrogens is 4. The molecule has 0 saturated heterocycles. The summed E-state index contributed by atoms with van der Waals surface area (Å²) in [6.45, 7) is 20.2. The van der Waals surface area contributed by atoms with Crippen LogP contribution in [0.15, 0.2) is 219 Å². The molecule has 10 aromatic carbocycles. The van der Waals surface area contributed by atoms with Gasteiger partial charge in [-0.25, -0.2) is 4.98 Å². The number of benzene rings is 10. The molecular weight excluding hydrogens is 1250 g/mol. The van der Waals surface area contributed by atoms with E-state index >= 15 is 0 Å². The van der Waals surface area contributed by atoms with Crippen LogP contribution in [0.2, 0.25) is 0 Å². The van der Waals surface area contributed by atoms with E-state index in [2.05, 4.69) is 289 Å². The number of para-hydroxylation sites is 3. The van der Waals surface area contributed by atoms with Crippen molar-refractivity contribution in [3.8, 4) is 85.1 Å². The van der Waals surface area contributed by atoms with E-state index < -0.39 is 0 Å². The van der Waals surface area contributed by atoms with Gasteiger partial charge in [0, 0.05) is 49.7 Å². The van der Waals surface area contributed by atoms with E-state index in [1.165, 1.54) is 16.7 Å². The summed E-state index contributed by atoms with van der Waals surface area (Å²) in [6, 6.07) is 82.6. The summed E-state index contributed by atoms with van der Waals surface area (Å²) in [6.07, 6.45) is 5.70. The van der Waals surface area contributed by atoms with Gasteiger partial charge in [0.25, 0.3) is 13.0 Å². The van der Waals surface area contributed by atoms with Crippen LogP contribution in [-0.2, 0) is 37.3 Å². The fraction of sp³-hybridized carbons (Fsp3) is 0.154. The number of rotatable bonds is 8. The van der Waals surface area contributed by atoms with Crippen molar-refractivity contribution in [1.29, 1.82) is 0 Å². The fourth-order valence-electron chi connectivity index (χ4n) is 12.6.